The van der Waals surface area contributed by atoms with Crippen molar-refractivity contribution in [2.24, 2.45) is 0 Å². The minimum absolute atomic E-state index is 0.124. The van der Waals surface area contributed by atoms with E-state index in [-0.39, 0.29) is 11.8 Å². The zero-order valence-corrected chi connectivity index (χ0v) is 15.3. The first kappa shape index (κ1) is 17.5. The quantitative estimate of drug-likeness (QED) is 0.803. The number of benzene rings is 1. The third kappa shape index (κ3) is 3.40. The van der Waals surface area contributed by atoms with Crippen molar-refractivity contribution in [2.75, 3.05) is 40.0 Å². The summed E-state index contributed by atoms with van der Waals surface area (Å²) in [6.07, 6.45) is 0. The minimum Gasteiger partial charge on any atom is -0.496 e. The van der Waals surface area contributed by atoms with Gasteiger partial charge in [0, 0.05) is 37.8 Å². The van der Waals surface area contributed by atoms with Gasteiger partial charge in [-0.05, 0) is 6.07 Å². The smallest absolute Gasteiger partial charge is 0.274 e. The fourth-order valence-electron chi connectivity index (χ4n) is 3.46. The largest absolute Gasteiger partial charge is 0.496 e. The van der Waals surface area contributed by atoms with E-state index in [0.717, 1.165) is 11.3 Å². The van der Waals surface area contributed by atoms with Crippen LogP contribution in [0, 0.1) is 0 Å². The van der Waals surface area contributed by atoms with Gasteiger partial charge in [0.05, 0.1) is 26.9 Å². The van der Waals surface area contributed by atoms with Gasteiger partial charge in [-0.25, -0.2) is 0 Å². The van der Waals surface area contributed by atoms with Crippen LogP contribution in [0.15, 0.2) is 30.3 Å². The van der Waals surface area contributed by atoms with Crippen molar-refractivity contribution in [3.05, 3.63) is 47.3 Å². The second kappa shape index (κ2) is 7.40. The lowest BCUT2D eigenvalue weighted by molar-refractivity contribution is 0.0298. The predicted molar refractivity (Wildman–Crippen MR) is 96.7 cm³/mol. The van der Waals surface area contributed by atoms with Crippen molar-refractivity contribution in [1.29, 1.82) is 0 Å². The number of para-hydroxylation sites is 1. The van der Waals surface area contributed by atoms with Gasteiger partial charge in [-0.15, -0.1) is 0 Å². The molecule has 2 aliphatic heterocycles. The fourth-order valence-corrected chi connectivity index (χ4v) is 3.46. The molecule has 1 aromatic carbocycles. The summed E-state index contributed by atoms with van der Waals surface area (Å²) in [5.41, 5.74) is 1.72. The van der Waals surface area contributed by atoms with E-state index in [2.05, 4.69) is 5.10 Å². The summed E-state index contributed by atoms with van der Waals surface area (Å²) >= 11 is 0. The molecule has 2 amide bonds. The average molecular weight is 370 g/mol. The monoisotopic (exact) mass is 370 g/mol. The van der Waals surface area contributed by atoms with Gasteiger partial charge in [0.25, 0.3) is 11.8 Å². The number of hydrogen-bond acceptors (Lipinski definition) is 5. The molecule has 0 aliphatic carbocycles. The van der Waals surface area contributed by atoms with Crippen LogP contribution in [0.1, 0.15) is 26.5 Å². The second-order valence-corrected chi connectivity index (χ2v) is 6.58. The Balaban J connectivity index is 1.52. The number of hydrogen-bond donors (Lipinski definition) is 0. The van der Waals surface area contributed by atoms with Crippen molar-refractivity contribution in [1.82, 2.24) is 19.6 Å². The maximum absolute atomic E-state index is 12.9. The van der Waals surface area contributed by atoms with Crippen molar-refractivity contribution in [3.8, 4) is 5.75 Å². The standard InChI is InChI=1S/C19H22N4O4/c1-26-17-5-3-2-4-14(17)13-22-6-7-23-16(19(22)25)12-15(20-23)18(24)21-8-10-27-11-9-21/h2-5,12H,6-11,13H2,1H3. The highest BCUT2D eigenvalue weighted by Crippen LogP contribution is 2.22. The number of aromatic nitrogens is 2. The minimum atomic E-state index is -0.149. The van der Waals surface area contributed by atoms with Crippen molar-refractivity contribution >= 4 is 11.8 Å². The lowest BCUT2D eigenvalue weighted by Crippen LogP contribution is -2.41. The van der Waals surface area contributed by atoms with Gasteiger partial charge in [-0.2, -0.15) is 5.10 Å². The molecule has 8 heteroatoms. The number of carbonyl (C=O) groups excluding carboxylic acids is 2. The van der Waals surface area contributed by atoms with E-state index >= 15 is 0 Å². The maximum atomic E-state index is 12.9. The molecule has 8 nitrogen and oxygen atoms in total. The van der Waals surface area contributed by atoms with E-state index in [0.29, 0.717) is 57.3 Å². The van der Waals surface area contributed by atoms with Gasteiger partial charge in [-0.3, -0.25) is 14.3 Å². The molecule has 3 heterocycles. The molecule has 0 saturated carbocycles. The Morgan fingerprint density at radius 2 is 1.96 bits per heavy atom. The van der Waals surface area contributed by atoms with E-state index in [1.54, 1.807) is 27.7 Å². The summed E-state index contributed by atoms with van der Waals surface area (Å²) in [5.74, 6) is 0.484. The molecule has 2 aliphatic rings. The molecular weight excluding hydrogens is 348 g/mol. The van der Waals surface area contributed by atoms with Crippen LogP contribution in [-0.4, -0.2) is 71.4 Å². The van der Waals surface area contributed by atoms with Gasteiger partial charge in [0.2, 0.25) is 0 Å². The Kier molecular flexibility index (Phi) is 4.81. The molecular formula is C19H22N4O4. The Hall–Kier alpha value is -2.87. The number of methoxy groups -OCH3 is 1. The third-order valence-corrected chi connectivity index (χ3v) is 4.94. The number of rotatable bonds is 4. The summed E-state index contributed by atoms with van der Waals surface area (Å²) in [4.78, 5) is 29.0. The van der Waals surface area contributed by atoms with Gasteiger partial charge < -0.3 is 19.3 Å². The highest BCUT2D eigenvalue weighted by Gasteiger charge is 2.30. The van der Waals surface area contributed by atoms with E-state index in [4.69, 9.17) is 9.47 Å². The first-order valence-electron chi connectivity index (χ1n) is 9.03. The van der Waals surface area contributed by atoms with Crippen LogP contribution in [0.25, 0.3) is 0 Å². The number of fused-ring (bicyclic) bond motifs is 1. The highest BCUT2D eigenvalue weighted by molar-refractivity contribution is 5.98. The van der Waals surface area contributed by atoms with Gasteiger partial charge in [-0.1, -0.05) is 18.2 Å². The number of amides is 2. The molecule has 0 atom stereocenters. The number of ether oxygens (including phenoxy) is 2. The van der Waals surface area contributed by atoms with Crippen LogP contribution < -0.4 is 4.74 Å². The topological polar surface area (TPSA) is 76.9 Å². The Bertz CT molecular complexity index is 857. The lowest BCUT2D eigenvalue weighted by Gasteiger charge is -2.28. The molecule has 0 spiro atoms. The maximum Gasteiger partial charge on any atom is 0.274 e. The molecule has 27 heavy (non-hydrogen) atoms. The van der Waals surface area contributed by atoms with Crippen LogP contribution in [0.5, 0.6) is 5.75 Å². The van der Waals surface area contributed by atoms with Gasteiger partial charge >= 0.3 is 0 Å². The summed E-state index contributed by atoms with van der Waals surface area (Å²) in [6, 6.07) is 9.27. The van der Waals surface area contributed by atoms with Crippen molar-refractivity contribution in [3.63, 3.8) is 0 Å². The Labute approximate surface area is 157 Å². The van der Waals surface area contributed by atoms with Gasteiger partial charge in [0.1, 0.15) is 11.4 Å². The summed E-state index contributed by atoms with van der Waals surface area (Å²) in [5, 5.41) is 4.36. The number of nitrogens with zero attached hydrogens (tertiary/aromatic N) is 4. The first-order valence-corrected chi connectivity index (χ1v) is 9.03. The molecule has 0 bridgehead atoms. The van der Waals surface area contributed by atoms with Crippen molar-refractivity contribution < 1.29 is 19.1 Å². The third-order valence-electron chi connectivity index (χ3n) is 4.94. The summed E-state index contributed by atoms with van der Waals surface area (Å²) in [7, 11) is 1.62. The molecule has 0 N–H and O–H groups in total. The van der Waals surface area contributed by atoms with Crippen LogP contribution >= 0.6 is 0 Å². The van der Waals surface area contributed by atoms with E-state index in [1.807, 2.05) is 24.3 Å². The fraction of sp³-hybridized carbons (Fsp3) is 0.421. The van der Waals surface area contributed by atoms with E-state index < -0.39 is 0 Å². The van der Waals surface area contributed by atoms with E-state index in [9.17, 15) is 9.59 Å². The second-order valence-electron chi connectivity index (χ2n) is 6.58. The van der Waals surface area contributed by atoms with Crippen LogP contribution in [0.3, 0.4) is 0 Å². The number of carbonyl (C=O) groups is 2. The average Bonchev–Trinajstić information content (AvgIpc) is 3.16. The Morgan fingerprint density at radius 1 is 1.19 bits per heavy atom. The van der Waals surface area contributed by atoms with Crippen LogP contribution in [0.4, 0.5) is 0 Å². The zero-order chi connectivity index (χ0) is 18.8. The van der Waals surface area contributed by atoms with Crippen molar-refractivity contribution in [2.45, 2.75) is 13.1 Å². The lowest BCUT2D eigenvalue weighted by atomic mass is 10.1. The van der Waals surface area contributed by atoms with E-state index in [1.165, 1.54) is 0 Å². The molecule has 1 saturated heterocycles. The molecule has 2 aromatic rings. The highest BCUT2D eigenvalue weighted by atomic mass is 16.5. The molecule has 0 unspecified atom stereocenters. The summed E-state index contributed by atoms with van der Waals surface area (Å²) < 4.78 is 12.3. The Morgan fingerprint density at radius 3 is 2.74 bits per heavy atom. The normalized spacial score (nSPS) is 17.0. The zero-order valence-electron chi connectivity index (χ0n) is 15.3. The molecule has 142 valence electrons. The first-order chi connectivity index (χ1) is 13.2. The number of morpholine rings is 1. The van der Waals surface area contributed by atoms with Gasteiger partial charge in [0.15, 0.2) is 5.69 Å². The SMILES string of the molecule is COc1ccccc1CN1CCn2nc(C(=O)N3CCOCC3)cc2C1=O. The summed E-state index contributed by atoms with van der Waals surface area (Å²) in [6.45, 7) is 3.73. The predicted octanol–water partition coefficient (Wildman–Crippen LogP) is 1.02. The molecule has 1 fully saturated rings. The molecule has 1 aromatic heterocycles. The molecule has 0 radical (unpaired) electrons. The molecule has 4 rings (SSSR count). The van der Waals surface area contributed by atoms with Crippen LogP contribution in [0.2, 0.25) is 0 Å². The van der Waals surface area contributed by atoms with Crippen LogP contribution in [-0.2, 0) is 17.8 Å².